The Morgan fingerprint density at radius 3 is 2.60 bits per heavy atom. The molecule has 0 atom stereocenters. The summed E-state index contributed by atoms with van der Waals surface area (Å²) in [5, 5.41) is 6.50. The lowest BCUT2D eigenvalue weighted by Crippen LogP contribution is -2.47. The van der Waals surface area contributed by atoms with E-state index in [2.05, 4.69) is 20.5 Å². The van der Waals surface area contributed by atoms with Crippen molar-refractivity contribution in [2.75, 3.05) is 60.0 Å². The van der Waals surface area contributed by atoms with E-state index in [4.69, 9.17) is 4.74 Å². The summed E-state index contributed by atoms with van der Waals surface area (Å²) in [7, 11) is 0.218. The molecule has 1 aliphatic heterocycles. The van der Waals surface area contributed by atoms with Crippen LogP contribution in [0.15, 0.2) is 34.2 Å². The lowest BCUT2D eigenvalue weighted by molar-refractivity contribution is 0.123. The maximum atomic E-state index is 13.2. The summed E-state index contributed by atoms with van der Waals surface area (Å²) in [6, 6.07) is 7.20. The second-order valence-corrected chi connectivity index (χ2v) is 9.95. The van der Waals surface area contributed by atoms with Gasteiger partial charge in [0.1, 0.15) is 0 Å². The van der Waals surface area contributed by atoms with E-state index in [1.54, 1.807) is 23.5 Å². The smallest absolute Gasteiger partial charge is 0.243 e. The largest absolute Gasteiger partial charge is 0.381 e. The third-order valence-corrected chi connectivity index (χ3v) is 7.53. The van der Waals surface area contributed by atoms with Crippen LogP contribution in [0.4, 0.5) is 0 Å². The van der Waals surface area contributed by atoms with Crippen LogP contribution in [0.1, 0.15) is 24.8 Å². The first-order chi connectivity index (χ1) is 14.5. The number of hydrogen-bond acceptors (Lipinski definition) is 5. The lowest BCUT2D eigenvalue weighted by atomic mass is 10.2. The van der Waals surface area contributed by atoms with Crippen LogP contribution < -0.4 is 10.6 Å². The molecule has 2 fully saturated rings. The number of sulfonamides is 1. The van der Waals surface area contributed by atoms with E-state index in [1.165, 1.54) is 12.8 Å². The Labute approximate surface area is 180 Å². The quantitative estimate of drug-likeness (QED) is 0.324. The number of nitrogens with one attached hydrogen (secondary N) is 2. The number of aliphatic imine (C=N–C) groups is 1. The van der Waals surface area contributed by atoms with Crippen LogP contribution in [0.5, 0.6) is 0 Å². The average molecular weight is 438 g/mol. The van der Waals surface area contributed by atoms with Gasteiger partial charge >= 0.3 is 0 Å². The molecular formula is C21H35N5O3S. The van der Waals surface area contributed by atoms with E-state index in [9.17, 15) is 8.42 Å². The van der Waals surface area contributed by atoms with Crippen molar-refractivity contribution in [1.82, 2.24) is 19.8 Å². The van der Waals surface area contributed by atoms with Crippen molar-refractivity contribution in [3.05, 3.63) is 29.8 Å². The minimum atomic E-state index is -3.51. The van der Waals surface area contributed by atoms with Crippen LogP contribution in [0, 0.1) is 5.92 Å². The van der Waals surface area contributed by atoms with E-state index < -0.39 is 10.0 Å². The molecule has 0 amide bonds. The predicted molar refractivity (Wildman–Crippen MR) is 119 cm³/mol. The van der Waals surface area contributed by atoms with Crippen molar-refractivity contribution in [2.45, 2.75) is 30.7 Å². The molecule has 2 aliphatic rings. The molecule has 0 radical (unpaired) electrons. The monoisotopic (exact) mass is 437 g/mol. The summed E-state index contributed by atoms with van der Waals surface area (Å²) in [5.41, 5.74) is 0.743. The van der Waals surface area contributed by atoms with Crippen molar-refractivity contribution >= 4 is 16.0 Å². The van der Waals surface area contributed by atoms with Gasteiger partial charge in [0, 0.05) is 59.5 Å². The van der Waals surface area contributed by atoms with Gasteiger partial charge in [-0.1, -0.05) is 18.2 Å². The molecule has 1 aromatic rings. The molecule has 1 saturated carbocycles. The lowest BCUT2D eigenvalue weighted by Gasteiger charge is -2.32. The zero-order valence-electron chi connectivity index (χ0n) is 18.1. The molecule has 0 bridgehead atoms. The fraction of sp³-hybridized carbons (Fsp3) is 0.667. The molecule has 1 aromatic carbocycles. The predicted octanol–water partition coefficient (Wildman–Crippen LogP) is 1.10. The van der Waals surface area contributed by atoms with Crippen molar-refractivity contribution in [3.8, 4) is 0 Å². The summed E-state index contributed by atoms with van der Waals surface area (Å²) in [4.78, 5) is 6.75. The zero-order chi connectivity index (χ0) is 21.4. The van der Waals surface area contributed by atoms with Crippen LogP contribution in [0.3, 0.4) is 0 Å². The number of hydrogen-bond donors (Lipinski definition) is 2. The van der Waals surface area contributed by atoms with Crippen LogP contribution in [0.2, 0.25) is 0 Å². The summed E-state index contributed by atoms with van der Waals surface area (Å²) >= 11 is 0. The van der Waals surface area contributed by atoms with Crippen molar-refractivity contribution < 1.29 is 13.2 Å². The molecule has 1 aliphatic carbocycles. The maximum absolute atomic E-state index is 13.2. The molecule has 2 N–H and O–H groups in total. The van der Waals surface area contributed by atoms with Crippen molar-refractivity contribution in [1.29, 1.82) is 0 Å². The summed E-state index contributed by atoms with van der Waals surface area (Å²) in [5.74, 6) is 1.44. The molecule has 3 rings (SSSR count). The van der Waals surface area contributed by atoms with Gasteiger partial charge in [0.05, 0.1) is 4.90 Å². The molecule has 30 heavy (non-hydrogen) atoms. The molecule has 1 heterocycles. The van der Waals surface area contributed by atoms with Crippen molar-refractivity contribution in [2.24, 2.45) is 10.9 Å². The molecule has 0 spiro atoms. The van der Waals surface area contributed by atoms with Gasteiger partial charge in [-0.15, -0.1) is 0 Å². The molecule has 9 heteroatoms. The number of rotatable bonds is 10. The molecule has 0 aromatic heterocycles. The number of guanidine groups is 1. The Bertz CT molecular complexity index is 803. The minimum absolute atomic E-state index is 0.367. The first kappa shape index (κ1) is 23.0. The van der Waals surface area contributed by atoms with Gasteiger partial charge in [-0.2, -0.15) is 4.31 Å². The number of ether oxygens (including phenoxy) is 1. The normalized spacial score (nSPS) is 19.1. The van der Waals surface area contributed by atoms with Gasteiger partial charge in [0.15, 0.2) is 5.96 Å². The minimum Gasteiger partial charge on any atom is -0.381 e. The van der Waals surface area contributed by atoms with Gasteiger partial charge in [-0.3, -0.25) is 4.99 Å². The molecule has 8 nitrogen and oxygen atoms in total. The Balaban J connectivity index is 1.50. The van der Waals surface area contributed by atoms with Crippen LogP contribution >= 0.6 is 0 Å². The topological polar surface area (TPSA) is 86.3 Å². The second kappa shape index (κ2) is 11.1. The highest BCUT2D eigenvalue weighted by atomic mass is 32.2. The summed E-state index contributed by atoms with van der Waals surface area (Å²) < 4.78 is 33.6. The molecule has 1 saturated heterocycles. The van der Waals surface area contributed by atoms with Gasteiger partial charge in [0.2, 0.25) is 10.0 Å². The fourth-order valence-corrected chi connectivity index (χ4v) is 5.03. The maximum Gasteiger partial charge on any atom is 0.243 e. The van der Waals surface area contributed by atoms with Gasteiger partial charge in [-0.25, -0.2) is 8.42 Å². The SMILES string of the molecule is CN=C(NCCCOCC1CC1)NCc1ccccc1S(=O)(=O)N1CCN(C)CC1. The third kappa shape index (κ3) is 6.66. The number of likely N-dealkylation sites (N-methyl/N-ethyl adjacent to an activating group) is 1. The van der Waals surface area contributed by atoms with E-state index in [1.807, 2.05) is 19.2 Å². The Morgan fingerprint density at radius 1 is 1.17 bits per heavy atom. The highest BCUT2D eigenvalue weighted by molar-refractivity contribution is 7.89. The van der Waals surface area contributed by atoms with Crippen LogP contribution in [-0.4, -0.2) is 83.6 Å². The van der Waals surface area contributed by atoms with Gasteiger partial charge in [0.25, 0.3) is 0 Å². The summed E-state index contributed by atoms with van der Waals surface area (Å²) in [6.45, 7) is 5.31. The van der Waals surface area contributed by atoms with Crippen LogP contribution in [-0.2, 0) is 21.3 Å². The molecular weight excluding hydrogens is 402 g/mol. The third-order valence-electron chi connectivity index (χ3n) is 5.53. The Morgan fingerprint density at radius 2 is 1.90 bits per heavy atom. The van der Waals surface area contributed by atoms with E-state index in [-0.39, 0.29) is 0 Å². The highest BCUT2D eigenvalue weighted by Gasteiger charge is 2.29. The molecule has 168 valence electrons. The zero-order valence-corrected chi connectivity index (χ0v) is 19.0. The Hall–Kier alpha value is -1.68. The number of piperazine rings is 1. The van der Waals surface area contributed by atoms with Crippen LogP contribution in [0.25, 0.3) is 0 Å². The van der Waals surface area contributed by atoms with E-state index in [0.717, 1.165) is 50.8 Å². The standard InChI is InChI=1S/C21H35N5O3S/c1-22-21(23-10-5-15-29-17-18-8-9-18)24-16-19-6-3-4-7-20(19)30(27,28)26-13-11-25(2)12-14-26/h3-4,6-7,18H,5,8-17H2,1-2H3,(H2,22,23,24). The average Bonchev–Trinajstić information content (AvgIpc) is 3.57. The fourth-order valence-electron chi connectivity index (χ4n) is 3.38. The Kier molecular flexibility index (Phi) is 8.50. The number of benzene rings is 1. The van der Waals surface area contributed by atoms with Crippen molar-refractivity contribution in [3.63, 3.8) is 0 Å². The summed E-state index contributed by atoms with van der Waals surface area (Å²) in [6.07, 6.45) is 3.52. The molecule has 0 unspecified atom stereocenters. The van der Waals surface area contributed by atoms with Gasteiger partial charge in [-0.05, 0) is 43.9 Å². The van der Waals surface area contributed by atoms with E-state index >= 15 is 0 Å². The number of nitrogens with zero attached hydrogens (tertiary/aromatic N) is 3. The van der Waals surface area contributed by atoms with E-state index in [0.29, 0.717) is 30.5 Å². The first-order valence-electron chi connectivity index (χ1n) is 10.8. The second-order valence-electron chi connectivity index (χ2n) is 8.04. The van der Waals surface area contributed by atoms with Gasteiger partial charge < -0.3 is 20.3 Å². The highest BCUT2D eigenvalue weighted by Crippen LogP contribution is 2.28. The first-order valence-corrected chi connectivity index (χ1v) is 12.2.